The van der Waals surface area contributed by atoms with E-state index in [2.05, 4.69) is 4.74 Å². The minimum absolute atomic E-state index is 0.0461. The van der Waals surface area contributed by atoms with Crippen LogP contribution in [0, 0.1) is 17.1 Å². The fourth-order valence-electron chi connectivity index (χ4n) is 1.40. The molecule has 0 fully saturated rings. The van der Waals surface area contributed by atoms with E-state index >= 15 is 0 Å². The SMILES string of the molecule is COC(=O)c1cc(F)c(C#N)c2c1OCO2. The molecule has 0 N–H and O–H groups in total. The maximum absolute atomic E-state index is 13.4. The summed E-state index contributed by atoms with van der Waals surface area (Å²) in [6, 6.07) is 2.55. The third-order valence-electron chi connectivity index (χ3n) is 2.11. The number of methoxy groups -OCH3 is 1. The molecule has 2 rings (SSSR count). The van der Waals surface area contributed by atoms with Crippen molar-refractivity contribution in [3.8, 4) is 17.6 Å². The summed E-state index contributed by atoms with van der Waals surface area (Å²) in [5.74, 6) is -1.59. The molecule has 1 aliphatic heterocycles. The van der Waals surface area contributed by atoms with Gasteiger partial charge in [-0.15, -0.1) is 0 Å². The van der Waals surface area contributed by atoms with Gasteiger partial charge in [0.15, 0.2) is 11.5 Å². The predicted molar refractivity (Wildman–Crippen MR) is 48.6 cm³/mol. The van der Waals surface area contributed by atoms with Crippen LogP contribution in [0.1, 0.15) is 15.9 Å². The van der Waals surface area contributed by atoms with E-state index in [-0.39, 0.29) is 29.4 Å². The number of benzene rings is 1. The van der Waals surface area contributed by atoms with Crippen LogP contribution in [-0.4, -0.2) is 19.9 Å². The number of hydrogen-bond acceptors (Lipinski definition) is 5. The summed E-state index contributed by atoms with van der Waals surface area (Å²) in [5, 5.41) is 8.73. The summed E-state index contributed by atoms with van der Waals surface area (Å²) in [4.78, 5) is 11.3. The monoisotopic (exact) mass is 223 g/mol. The van der Waals surface area contributed by atoms with Gasteiger partial charge in [-0.2, -0.15) is 5.26 Å². The number of nitriles is 1. The van der Waals surface area contributed by atoms with E-state index in [1.807, 2.05) is 0 Å². The van der Waals surface area contributed by atoms with Crippen molar-refractivity contribution in [3.63, 3.8) is 0 Å². The molecule has 0 atom stereocenters. The summed E-state index contributed by atoms with van der Waals surface area (Å²) in [7, 11) is 1.17. The Morgan fingerprint density at radius 2 is 2.25 bits per heavy atom. The van der Waals surface area contributed by atoms with Crippen molar-refractivity contribution < 1.29 is 23.4 Å². The van der Waals surface area contributed by atoms with Gasteiger partial charge in [0, 0.05) is 0 Å². The van der Waals surface area contributed by atoms with Gasteiger partial charge in [0.2, 0.25) is 6.79 Å². The summed E-state index contributed by atoms with van der Waals surface area (Å²) in [6.45, 7) is -0.155. The summed E-state index contributed by atoms with van der Waals surface area (Å²) >= 11 is 0. The first-order valence-electron chi connectivity index (χ1n) is 4.29. The van der Waals surface area contributed by atoms with E-state index in [0.717, 1.165) is 6.07 Å². The van der Waals surface area contributed by atoms with Crippen molar-refractivity contribution in [2.75, 3.05) is 13.9 Å². The second kappa shape index (κ2) is 3.70. The molecule has 16 heavy (non-hydrogen) atoms. The van der Waals surface area contributed by atoms with Crippen molar-refractivity contribution >= 4 is 5.97 Å². The lowest BCUT2D eigenvalue weighted by Gasteiger charge is -2.05. The number of esters is 1. The number of carbonyl (C=O) groups excluding carboxylic acids is 1. The van der Waals surface area contributed by atoms with E-state index in [4.69, 9.17) is 14.7 Å². The molecule has 0 unspecified atom stereocenters. The van der Waals surface area contributed by atoms with Crippen molar-refractivity contribution in [2.45, 2.75) is 0 Å². The Morgan fingerprint density at radius 1 is 1.56 bits per heavy atom. The fourth-order valence-corrected chi connectivity index (χ4v) is 1.40. The fraction of sp³-hybridized carbons (Fsp3) is 0.200. The van der Waals surface area contributed by atoms with Gasteiger partial charge in [-0.1, -0.05) is 0 Å². The topological polar surface area (TPSA) is 68.6 Å². The van der Waals surface area contributed by atoms with Crippen molar-refractivity contribution in [3.05, 3.63) is 23.0 Å². The van der Waals surface area contributed by atoms with Crippen LogP contribution >= 0.6 is 0 Å². The Kier molecular flexibility index (Phi) is 2.37. The van der Waals surface area contributed by atoms with Crippen LogP contribution in [0.5, 0.6) is 11.5 Å². The second-order valence-electron chi connectivity index (χ2n) is 2.95. The Balaban J connectivity index is 2.67. The smallest absolute Gasteiger partial charge is 0.341 e. The second-order valence-corrected chi connectivity index (χ2v) is 2.95. The predicted octanol–water partition coefficient (Wildman–Crippen LogP) is 1.21. The maximum atomic E-state index is 13.4. The number of fused-ring (bicyclic) bond motifs is 1. The number of hydrogen-bond donors (Lipinski definition) is 0. The van der Waals surface area contributed by atoms with Gasteiger partial charge in [-0.3, -0.25) is 0 Å². The standard InChI is InChI=1S/C10H6FNO4/c1-14-10(13)5-2-7(11)6(3-12)9-8(5)15-4-16-9/h2H,4H2,1H3. The molecule has 6 heteroatoms. The van der Waals surface area contributed by atoms with Crippen LogP contribution in [-0.2, 0) is 4.74 Å². The molecule has 1 aromatic carbocycles. The molecule has 0 saturated heterocycles. The van der Waals surface area contributed by atoms with E-state index in [9.17, 15) is 9.18 Å². The molecule has 82 valence electrons. The van der Waals surface area contributed by atoms with Gasteiger partial charge < -0.3 is 14.2 Å². The molecular formula is C10H6FNO4. The van der Waals surface area contributed by atoms with Crippen LogP contribution in [0.2, 0.25) is 0 Å². The number of ether oxygens (including phenoxy) is 3. The van der Waals surface area contributed by atoms with E-state index in [0.29, 0.717) is 0 Å². The van der Waals surface area contributed by atoms with Crippen molar-refractivity contribution in [2.24, 2.45) is 0 Å². The average molecular weight is 223 g/mol. The molecule has 5 nitrogen and oxygen atoms in total. The molecule has 0 radical (unpaired) electrons. The minimum atomic E-state index is -0.841. The van der Waals surface area contributed by atoms with Gasteiger partial charge in [0.05, 0.1) is 7.11 Å². The first-order valence-corrected chi connectivity index (χ1v) is 4.29. The third-order valence-corrected chi connectivity index (χ3v) is 2.11. The first kappa shape index (κ1) is 10.2. The normalized spacial score (nSPS) is 12.1. The number of carbonyl (C=O) groups is 1. The van der Waals surface area contributed by atoms with Crippen LogP contribution < -0.4 is 9.47 Å². The molecule has 0 saturated carbocycles. The van der Waals surface area contributed by atoms with Gasteiger partial charge >= 0.3 is 5.97 Å². The third kappa shape index (κ3) is 1.34. The van der Waals surface area contributed by atoms with Gasteiger partial charge in [-0.25, -0.2) is 9.18 Å². The lowest BCUT2D eigenvalue weighted by molar-refractivity contribution is 0.0595. The Labute approximate surface area is 89.9 Å². The summed E-state index contributed by atoms with van der Waals surface area (Å²) in [5.41, 5.74) is -0.369. The molecular weight excluding hydrogens is 217 g/mol. The molecule has 1 aromatic rings. The van der Waals surface area contributed by atoms with Crippen molar-refractivity contribution in [1.29, 1.82) is 5.26 Å². The quantitative estimate of drug-likeness (QED) is 0.669. The summed E-state index contributed by atoms with van der Waals surface area (Å²) in [6.07, 6.45) is 0. The van der Waals surface area contributed by atoms with Crippen LogP contribution in [0.15, 0.2) is 6.07 Å². The lowest BCUT2D eigenvalue weighted by atomic mass is 10.1. The van der Waals surface area contributed by atoms with Crippen LogP contribution in [0.25, 0.3) is 0 Å². The molecule has 0 bridgehead atoms. The highest BCUT2D eigenvalue weighted by Gasteiger charge is 2.29. The number of nitrogens with zero attached hydrogens (tertiary/aromatic N) is 1. The van der Waals surface area contributed by atoms with E-state index in [1.165, 1.54) is 7.11 Å². The van der Waals surface area contributed by atoms with E-state index < -0.39 is 11.8 Å². The van der Waals surface area contributed by atoms with E-state index in [1.54, 1.807) is 6.07 Å². The molecule has 1 heterocycles. The first-order chi connectivity index (χ1) is 7.69. The molecule has 0 spiro atoms. The highest BCUT2D eigenvalue weighted by atomic mass is 19.1. The molecule has 1 aliphatic rings. The Bertz CT molecular complexity index is 507. The number of rotatable bonds is 1. The Hall–Kier alpha value is -2.29. The van der Waals surface area contributed by atoms with Crippen LogP contribution in [0.4, 0.5) is 4.39 Å². The highest BCUT2D eigenvalue weighted by molar-refractivity contribution is 5.94. The number of halogens is 1. The summed E-state index contributed by atoms with van der Waals surface area (Å²) < 4.78 is 27.9. The zero-order valence-electron chi connectivity index (χ0n) is 8.24. The minimum Gasteiger partial charge on any atom is -0.465 e. The zero-order chi connectivity index (χ0) is 11.7. The van der Waals surface area contributed by atoms with Gasteiger partial charge in [-0.05, 0) is 6.07 Å². The lowest BCUT2D eigenvalue weighted by Crippen LogP contribution is -2.04. The Morgan fingerprint density at radius 3 is 2.88 bits per heavy atom. The maximum Gasteiger partial charge on any atom is 0.341 e. The van der Waals surface area contributed by atoms with Crippen LogP contribution in [0.3, 0.4) is 0 Å². The van der Waals surface area contributed by atoms with Crippen molar-refractivity contribution in [1.82, 2.24) is 0 Å². The zero-order valence-corrected chi connectivity index (χ0v) is 8.24. The highest BCUT2D eigenvalue weighted by Crippen LogP contribution is 2.40. The molecule has 0 aliphatic carbocycles. The average Bonchev–Trinajstić information content (AvgIpc) is 2.75. The molecule has 0 amide bonds. The molecule has 0 aromatic heterocycles. The van der Waals surface area contributed by atoms with Gasteiger partial charge in [0.1, 0.15) is 23.0 Å². The van der Waals surface area contributed by atoms with Gasteiger partial charge in [0.25, 0.3) is 0 Å². The largest absolute Gasteiger partial charge is 0.465 e.